The van der Waals surface area contributed by atoms with Crippen molar-refractivity contribution in [3.05, 3.63) is 30.3 Å². The highest BCUT2D eigenvalue weighted by Crippen LogP contribution is 2.29. The van der Waals surface area contributed by atoms with Crippen LogP contribution in [0, 0.1) is 0 Å². The van der Waals surface area contributed by atoms with Crippen LogP contribution in [0.2, 0.25) is 0 Å². The van der Waals surface area contributed by atoms with Crippen LogP contribution in [0.4, 0.5) is 5.13 Å². The van der Waals surface area contributed by atoms with Gasteiger partial charge in [0.25, 0.3) is 0 Å². The number of hydrogen-bond acceptors (Lipinski definition) is 5. The molecule has 1 N–H and O–H groups in total. The van der Waals surface area contributed by atoms with Crippen molar-refractivity contribution in [1.82, 2.24) is 15.5 Å². The van der Waals surface area contributed by atoms with Gasteiger partial charge in [0.15, 0.2) is 0 Å². The highest BCUT2D eigenvalue weighted by Gasteiger charge is 2.20. The van der Waals surface area contributed by atoms with Crippen LogP contribution in [-0.4, -0.2) is 36.4 Å². The highest BCUT2D eigenvalue weighted by atomic mass is 32.1. The lowest BCUT2D eigenvalue weighted by Crippen LogP contribution is -2.41. The highest BCUT2D eigenvalue weighted by molar-refractivity contribution is 7.18. The van der Waals surface area contributed by atoms with Crippen molar-refractivity contribution in [3.63, 3.8) is 0 Å². The topological polar surface area (TPSA) is 41.1 Å². The van der Waals surface area contributed by atoms with Gasteiger partial charge in [0, 0.05) is 18.7 Å². The molecule has 1 aromatic carbocycles. The largest absolute Gasteiger partial charge is 0.347 e. The zero-order valence-electron chi connectivity index (χ0n) is 11.0. The minimum absolute atomic E-state index is 0.581. The Morgan fingerprint density at radius 3 is 2.63 bits per heavy atom. The monoisotopic (exact) mass is 274 g/mol. The van der Waals surface area contributed by atoms with E-state index in [4.69, 9.17) is 0 Å². The molecule has 0 spiro atoms. The van der Waals surface area contributed by atoms with Crippen LogP contribution in [0.1, 0.15) is 12.8 Å². The van der Waals surface area contributed by atoms with Gasteiger partial charge in [-0.25, -0.2) is 0 Å². The molecule has 2 aromatic rings. The summed E-state index contributed by atoms with van der Waals surface area (Å²) in [5, 5.41) is 14.1. The van der Waals surface area contributed by atoms with Crippen LogP contribution in [0.3, 0.4) is 0 Å². The van der Waals surface area contributed by atoms with Crippen LogP contribution in [0.5, 0.6) is 0 Å². The molecule has 1 aromatic heterocycles. The van der Waals surface area contributed by atoms with Crippen molar-refractivity contribution in [2.75, 3.05) is 25.0 Å². The smallest absolute Gasteiger partial charge is 0.208 e. The van der Waals surface area contributed by atoms with Crippen molar-refractivity contribution in [3.8, 4) is 10.6 Å². The first-order valence-electron chi connectivity index (χ1n) is 6.67. The Labute approximate surface area is 117 Å². The van der Waals surface area contributed by atoms with Gasteiger partial charge in [0.2, 0.25) is 5.13 Å². The first-order valence-corrected chi connectivity index (χ1v) is 7.49. The van der Waals surface area contributed by atoms with Crippen LogP contribution >= 0.6 is 11.3 Å². The first kappa shape index (κ1) is 12.6. The average molecular weight is 274 g/mol. The molecule has 0 unspecified atom stereocenters. The van der Waals surface area contributed by atoms with Crippen molar-refractivity contribution in [2.45, 2.75) is 18.9 Å². The predicted octanol–water partition coefficient (Wildman–Crippen LogP) is 2.39. The predicted molar refractivity (Wildman–Crippen MR) is 79.6 cm³/mol. The minimum atomic E-state index is 0.581. The van der Waals surface area contributed by atoms with Gasteiger partial charge in [-0.2, -0.15) is 0 Å². The number of anilines is 1. The third kappa shape index (κ3) is 2.77. The van der Waals surface area contributed by atoms with E-state index in [0.29, 0.717) is 6.04 Å². The summed E-state index contributed by atoms with van der Waals surface area (Å²) in [6, 6.07) is 10.8. The molecular formula is C14H18N4S. The molecule has 0 atom stereocenters. The average Bonchev–Trinajstić information content (AvgIpc) is 2.98. The van der Waals surface area contributed by atoms with Gasteiger partial charge >= 0.3 is 0 Å². The Hall–Kier alpha value is -1.46. The molecule has 0 amide bonds. The summed E-state index contributed by atoms with van der Waals surface area (Å²) in [5.41, 5.74) is 1.14. The van der Waals surface area contributed by atoms with Crippen molar-refractivity contribution >= 4 is 16.5 Å². The number of rotatable bonds is 3. The number of hydrogen-bond donors (Lipinski definition) is 1. The summed E-state index contributed by atoms with van der Waals surface area (Å²) >= 11 is 1.67. The lowest BCUT2D eigenvalue weighted by Gasteiger charge is -2.30. The number of piperidine rings is 1. The molecule has 0 bridgehead atoms. The molecule has 1 fully saturated rings. The standard InChI is InChI=1S/C14H18N4S/c1-18(12-7-9-15-10-8-12)14-17-16-13(19-14)11-5-3-2-4-6-11/h2-6,12,15H,7-10H2,1H3. The van der Waals surface area contributed by atoms with E-state index < -0.39 is 0 Å². The molecule has 1 aliphatic rings. The van der Waals surface area contributed by atoms with E-state index in [1.165, 1.54) is 12.8 Å². The molecular weight excluding hydrogens is 256 g/mol. The Morgan fingerprint density at radius 2 is 1.89 bits per heavy atom. The zero-order chi connectivity index (χ0) is 13.1. The van der Waals surface area contributed by atoms with E-state index in [0.717, 1.165) is 28.8 Å². The van der Waals surface area contributed by atoms with Crippen LogP contribution in [0.15, 0.2) is 30.3 Å². The van der Waals surface area contributed by atoms with Gasteiger partial charge in [0.1, 0.15) is 5.01 Å². The summed E-state index contributed by atoms with van der Waals surface area (Å²) in [7, 11) is 2.13. The second kappa shape index (κ2) is 5.67. The van der Waals surface area contributed by atoms with E-state index >= 15 is 0 Å². The Bertz CT molecular complexity index is 519. The van der Waals surface area contributed by atoms with Gasteiger partial charge in [-0.15, -0.1) is 10.2 Å². The van der Waals surface area contributed by atoms with Crippen LogP contribution in [0.25, 0.3) is 10.6 Å². The Morgan fingerprint density at radius 1 is 1.16 bits per heavy atom. The number of nitrogens with one attached hydrogen (secondary N) is 1. The molecule has 19 heavy (non-hydrogen) atoms. The Balaban J connectivity index is 1.77. The molecule has 100 valence electrons. The normalized spacial score (nSPS) is 16.5. The summed E-state index contributed by atoms with van der Waals surface area (Å²) in [4.78, 5) is 2.28. The SMILES string of the molecule is CN(c1nnc(-c2ccccc2)s1)C1CCNCC1. The van der Waals surface area contributed by atoms with E-state index in [1.54, 1.807) is 11.3 Å². The fourth-order valence-electron chi connectivity index (χ4n) is 2.41. The van der Waals surface area contributed by atoms with Gasteiger partial charge in [-0.05, 0) is 25.9 Å². The number of benzene rings is 1. The van der Waals surface area contributed by atoms with Crippen molar-refractivity contribution in [2.24, 2.45) is 0 Å². The first-order chi connectivity index (χ1) is 9.34. The maximum Gasteiger partial charge on any atom is 0.208 e. The maximum absolute atomic E-state index is 4.34. The van der Waals surface area contributed by atoms with Crippen LogP contribution < -0.4 is 10.2 Å². The van der Waals surface area contributed by atoms with Gasteiger partial charge < -0.3 is 10.2 Å². The molecule has 5 heteroatoms. The summed E-state index contributed by atoms with van der Waals surface area (Å²) in [6.07, 6.45) is 2.35. The van der Waals surface area contributed by atoms with Crippen molar-refractivity contribution in [1.29, 1.82) is 0 Å². The second-order valence-electron chi connectivity index (χ2n) is 4.85. The van der Waals surface area contributed by atoms with E-state index in [1.807, 2.05) is 18.2 Å². The zero-order valence-corrected chi connectivity index (χ0v) is 11.9. The lowest BCUT2D eigenvalue weighted by molar-refractivity contribution is 0.442. The lowest BCUT2D eigenvalue weighted by atomic mass is 10.1. The van der Waals surface area contributed by atoms with Crippen LogP contribution in [-0.2, 0) is 0 Å². The molecule has 3 rings (SSSR count). The van der Waals surface area contributed by atoms with Gasteiger partial charge in [-0.3, -0.25) is 0 Å². The molecule has 0 aliphatic carbocycles. The Kier molecular flexibility index (Phi) is 3.75. The minimum Gasteiger partial charge on any atom is -0.347 e. The van der Waals surface area contributed by atoms with Crippen molar-refractivity contribution < 1.29 is 0 Å². The van der Waals surface area contributed by atoms with E-state index in [9.17, 15) is 0 Å². The second-order valence-corrected chi connectivity index (χ2v) is 5.80. The molecule has 0 saturated carbocycles. The summed E-state index contributed by atoms with van der Waals surface area (Å²) < 4.78 is 0. The molecule has 4 nitrogen and oxygen atoms in total. The fraction of sp³-hybridized carbons (Fsp3) is 0.429. The molecule has 2 heterocycles. The van der Waals surface area contributed by atoms with E-state index in [2.05, 4.69) is 39.6 Å². The summed E-state index contributed by atoms with van der Waals surface area (Å²) in [5.74, 6) is 0. The maximum atomic E-state index is 4.34. The molecule has 1 saturated heterocycles. The number of nitrogens with zero attached hydrogens (tertiary/aromatic N) is 3. The molecule has 1 aliphatic heterocycles. The van der Waals surface area contributed by atoms with E-state index in [-0.39, 0.29) is 0 Å². The fourth-order valence-corrected chi connectivity index (χ4v) is 3.29. The van der Waals surface area contributed by atoms with Gasteiger partial charge in [0.05, 0.1) is 0 Å². The quantitative estimate of drug-likeness (QED) is 0.933. The summed E-state index contributed by atoms with van der Waals surface area (Å²) in [6.45, 7) is 2.19. The molecule has 0 radical (unpaired) electrons. The number of aromatic nitrogens is 2. The third-order valence-corrected chi connectivity index (χ3v) is 4.66. The van der Waals surface area contributed by atoms with Gasteiger partial charge in [-0.1, -0.05) is 41.7 Å². The third-order valence-electron chi connectivity index (χ3n) is 3.59.